The number of carboxylic acid groups (broad SMARTS) is 2. The molecule has 10 nitrogen and oxygen atoms in total. The highest BCUT2D eigenvalue weighted by Crippen LogP contribution is 2.46. The zero-order chi connectivity index (χ0) is 26.3. The summed E-state index contributed by atoms with van der Waals surface area (Å²) in [5.41, 5.74) is 0.682. The molecule has 1 saturated heterocycles. The smallest absolute Gasteiger partial charge is 0.323 e. The van der Waals surface area contributed by atoms with Gasteiger partial charge in [0.05, 0.1) is 15.2 Å². The molecule has 2 aromatic rings. The molecule has 1 aromatic heterocycles. The van der Waals surface area contributed by atoms with E-state index < -0.39 is 29.9 Å². The Morgan fingerprint density at radius 2 is 1.75 bits per heavy atom. The zero-order valence-corrected chi connectivity index (χ0v) is 22.1. The highest BCUT2D eigenvalue weighted by molar-refractivity contribution is 8.30. The first-order valence-electron chi connectivity index (χ1n) is 10.4. The third-order valence-corrected chi connectivity index (χ3v) is 9.03. The van der Waals surface area contributed by atoms with Gasteiger partial charge in [-0.3, -0.25) is 29.0 Å². The number of fused-ring (bicyclic) bond motifs is 1. The van der Waals surface area contributed by atoms with Crippen LogP contribution < -0.4 is 19.7 Å². The van der Waals surface area contributed by atoms with Crippen molar-refractivity contribution >= 4 is 85.4 Å². The number of thiocarbonyl (C=S) groups is 1. The number of carbonyl (C=O) groups is 3. The van der Waals surface area contributed by atoms with E-state index in [1.54, 1.807) is 11.0 Å². The molecule has 0 aliphatic carbocycles. The molecule has 0 atom stereocenters. The maximum atomic E-state index is 13.5. The van der Waals surface area contributed by atoms with Gasteiger partial charge < -0.3 is 15.1 Å². The second kappa shape index (κ2) is 10.2. The van der Waals surface area contributed by atoms with Crippen molar-refractivity contribution < 1.29 is 29.8 Å². The van der Waals surface area contributed by atoms with Gasteiger partial charge in [0, 0.05) is 4.90 Å². The van der Waals surface area contributed by atoms with Gasteiger partial charge in [0.2, 0.25) is 0 Å². The fourth-order valence-corrected chi connectivity index (χ4v) is 7.27. The molecule has 3 heterocycles. The van der Waals surface area contributed by atoms with Crippen molar-refractivity contribution in [2.75, 3.05) is 11.4 Å². The first-order chi connectivity index (χ1) is 17.0. The maximum Gasteiger partial charge on any atom is 0.323 e. The number of hydrogen-bond acceptors (Lipinski definition) is 10. The molecule has 0 spiro atoms. The molecule has 0 bridgehead atoms. The Labute approximate surface area is 221 Å². The molecular weight excluding hydrogens is 547 g/mol. The summed E-state index contributed by atoms with van der Waals surface area (Å²) in [4.78, 5) is 51.5. The van der Waals surface area contributed by atoms with Crippen molar-refractivity contribution in [1.29, 1.82) is 0 Å². The Balaban J connectivity index is 2.00. The number of para-hydroxylation sites is 1. The summed E-state index contributed by atoms with van der Waals surface area (Å²) < 4.78 is 1.15. The van der Waals surface area contributed by atoms with Gasteiger partial charge in [0.25, 0.3) is 11.5 Å². The summed E-state index contributed by atoms with van der Waals surface area (Å²) in [7, 11) is 0. The van der Waals surface area contributed by atoms with Crippen LogP contribution in [0.25, 0.3) is 10.5 Å². The van der Waals surface area contributed by atoms with Crippen molar-refractivity contribution in [3.63, 3.8) is 0 Å². The topological polar surface area (TPSA) is 140 Å². The van der Waals surface area contributed by atoms with Crippen molar-refractivity contribution in [2.45, 2.75) is 25.3 Å². The number of hydrogen-bond donors (Lipinski definition) is 3. The highest BCUT2D eigenvalue weighted by Gasteiger charge is 2.34. The summed E-state index contributed by atoms with van der Waals surface area (Å²) in [6.45, 7) is 2.74. The quantitative estimate of drug-likeness (QED) is 0.348. The van der Waals surface area contributed by atoms with E-state index in [2.05, 4.69) is 0 Å². The van der Waals surface area contributed by atoms with Gasteiger partial charge in [-0.1, -0.05) is 37.7 Å². The van der Waals surface area contributed by atoms with Crippen LogP contribution in [-0.2, 0) is 20.9 Å². The molecule has 3 N–H and O–H groups in total. The average Bonchev–Trinajstić information content (AvgIpc) is 3.39. The number of anilines is 1. The van der Waals surface area contributed by atoms with Crippen molar-refractivity contribution in [3.05, 3.63) is 54.9 Å². The fourth-order valence-electron chi connectivity index (χ4n) is 3.61. The first-order valence-corrected chi connectivity index (χ1v) is 13.3. The van der Waals surface area contributed by atoms with Gasteiger partial charge in [-0.05, 0) is 53.7 Å². The predicted molar refractivity (Wildman–Crippen MR) is 141 cm³/mol. The van der Waals surface area contributed by atoms with E-state index >= 15 is 0 Å². The number of carboxylic acids is 2. The fraction of sp³-hybridized carbons (Fsp3) is 0.227. The third kappa shape index (κ3) is 4.86. The van der Waals surface area contributed by atoms with Crippen LogP contribution in [0.1, 0.15) is 13.8 Å². The Bertz CT molecular complexity index is 1520. The van der Waals surface area contributed by atoms with E-state index in [1.165, 1.54) is 11.8 Å². The van der Waals surface area contributed by atoms with Gasteiger partial charge in [-0.15, -0.1) is 11.3 Å². The van der Waals surface area contributed by atoms with Crippen molar-refractivity contribution in [2.24, 2.45) is 5.92 Å². The molecule has 1 fully saturated rings. The number of allylic oxidation sites excluding steroid dienone is 1. The van der Waals surface area contributed by atoms with Crippen LogP contribution in [-0.4, -0.2) is 53.8 Å². The van der Waals surface area contributed by atoms with Crippen LogP contribution in [0.5, 0.6) is 0 Å². The number of hydroxylamine groups is 2. The predicted octanol–water partition coefficient (Wildman–Crippen LogP) is 1.70. The van der Waals surface area contributed by atoms with Gasteiger partial charge in [0.15, 0.2) is 4.32 Å². The molecule has 0 radical (unpaired) electrons. The average molecular weight is 566 g/mol. The van der Waals surface area contributed by atoms with Crippen LogP contribution in [0, 0.1) is 5.92 Å². The number of aliphatic carboxylic acids is 2. The molecule has 2 aliphatic heterocycles. The maximum absolute atomic E-state index is 13.5. The number of thiazole rings is 1. The van der Waals surface area contributed by atoms with Gasteiger partial charge in [-0.2, -0.15) is 5.06 Å². The van der Waals surface area contributed by atoms with Crippen LogP contribution >= 0.6 is 47.1 Å². The number of nitrogens with zero attached hydrogens (tertiary/aromatic N) is 3. The number of benzene rings is 1. The van der Waals surface area contributed by atoms with Crippen LogP contribution in [0.15, 0.2) is 45.1 Å². The first kappa shape index (κ1) is 26.2. The third-order valence-electron chi connectivity index (χ3n) is 5.21. The Morgan fingerprint density at radius 1 is 1.08 bits per heavy atom. The minimum Gasteiger partial charge on any atom is -0.480 e. The lowest BCUT2D eigenvalue weighted by Crippen LogP contribution is -2.36. The van der Waals surface area contributed by atoms with Crippen LogP contribution in [0.4, 0.5) is 5.69 Å². The summed E-state index contributed by atoms with van der Waals surface area (Å²) in [5.74, 6) is -3.35. The Kier molecular flexibility index (Phi) is 7.43. The molecule has 0 unspecified atom stereocenters. The van der Waals surface area contributed by atoms with E-state index in [0.29, 0.717) is 10.6 Å². The molecular formula is C22H19N3O7S4. The highest BCUT2D eigenvalue weighted by atomic mass is 32.2. The van der Waals surface area contributed by atoms with Crippen molar-refractivity contribution in [3.8, 4) is 0 Å². The van der Waals surface area contributed by atoms with Gasteiger partial charge in [-0.25, -0.2) is 0 Å². The summed E-state index contributed by atoms with van der Waals surface area (Å²) in [6, 6.07) is 7.34. The second-order valence-corrected chi connectivity index (χ2v) is 11.7. The zero-order valence-electron chi connectivity index (χ0n) is 18.8. The minimum absolute atomic E-state index is 0.0389. The standard InChI is InChI=1S/C22H19N3O7S4/c1-10(2)11(7-14-23(8-15(26)27)12-5-3-4-6-13(12)34-14)17-19(30)24(9-16(28)29)21(35-17)18-20(31)25(32)22(33)36-18/h3-7,10,32H,8-9H2,1-2H3,(H,26,27)(H,28,29). The van der Waals surface area contributed by atoms with E-state index in [-0.39, 0.29) is 35.9 Å². The Hall–Kier alpha value is -2.91. The van der Waals surface area contributed by atoms with Gasteiger partial charge >= 0.3 is 11.9 Å². The summed E-state index contributed by atoms with van der Waals surface area (Å²) in [5, 5.41) is 29.6. The number of carbonyl (C=O) groups excluding carboxylic acids is 1. The monoisotopic (exact) mass is 565 g/mol. The Morgan fingerprint density at radius 3 is 2.33 bits per heavy atom. The van der Waals surface area contributed by atoms with E-state index in [1.807, 2.05) is 38.1 Å². The number of amides is 1. The number of rotatable bonds is 6. The molecule has 36 heavy (non-hydrogen) atoms. The second-order valence-electron chi connectivity index (χ2n) is 7.98. The lowest BCUT2D eigenvalue weighted by Gasteiger charge is -2.19. The number of aromatic nitrogens is 1. The minimum atomic E-state index is -1.28. The van der Waals surface area contributed by atoms with Crippen LogP contribution in [0.3, 0.4) is 0 Å². The van der Waals surface area contributed by atoms with E-state index in [0.717, 1.165) is 38.2 Å². The molecule has 1 amide bonds. The van der Waals surface area contributed by atoms with E-state index in [4.69, 9.17) is 12.2 Å². The SMILES string of the molecule is CC(C)C(C=C1Sc2ccccc2N1CC(=O)O)=c1sc(=C2SC(=S)N(O)C2=O)n(CC(=O)O)c1=O. The van der Waals surface area contributed by atoms with E-state index in [9.17, 15) is 34.6 Å². The molecule has 2 aliphatic rings. The summed E-state index contributed by atoms with van der Waals surface area (Å²) >= 11 is 8.05. The lowest BCUT2D eigenvalue weighted by atomic mass is 10.0. The number of thioether (sulfide) groups is 2. The molecule has 188 valence electrons. The summed E-state index contributed by atoms with van der Waals surface area (Å²) in [6.07, 6.45) is 1.73. The normalized spacial score (nSPS) is 18.9. The molecule has 0 saturated carbocycles. The largest absolute Gasteiger partial charge is 0.480 e. The molecule has 14 heteroatoms. The van der Waals surface area contributed by atoms with Gasteiger partial charge in [0.1, 0.15) is 22.7 Å². The molecule has 1 aromatic carbocycles. The van der Waals surface area contributed by atoms with Crippen molar-refractivity contribution in [1.82, 2.24) is 9.63 Å². The van der Waals surface area contributed by atoms with Crippen LogP contribution in [0.2, 0.25) is 0 Å². The lowest BCUT2D eigenvalue weighted by molar-refractivity contribution is -0.140. The molecule has 4 rings (SSSR count).